The van der Waals surface area contributed by atoms with E-state index in [2.05, 4.69) is 5.32 Å². The molecule has 2 fully saturated rings. The summed E-state index contributed by atoms with van der Waals surface area (Å²) >= 11 is 0. The number of amides is 1. The Kier molecular flexibility index (Phi) is 4.08. The monoisotopic (exact) mass is 361 g/mol. The number of aromatic nitrogens is 1. The largest absolute Gasteiger partial charge is 0.348 e. The summed E-state index contributed by atoms with van der Waals surface area (Å²) in [4.78, 5) is 12.7. The van der Waals surface area contributed by atoms with Crippen LogP contribution in [-0.2, 0) is 17.1 Å². The van der Waals surface area contributed by atoms with Gasteiger partial charge in [0.25, 0.3) is 5.91 Å². The summed E-state index contributed by atoms with van der Waals surface area (Å²) in [5.41, 5.74) is 1.42. The Balaban J connectivity index is 1.68. The number of aryl methyl sites for hydroxylation is 1. The lowest BCUT2D eigenvalue weighted by Gasteiger charge is -2.25. The smallest absolute Gasteiger partial charge is 0.268 e. The van der Waals surface area contributed by atoms with Crippen molar-refractivity contribution in [3.05, 3.63) is 30.0 Å². The van der Waals surface area contributed by atoms with Crippen LogP contribution in [-0.4, -0.2) is 42.3 Å². The third-order valence-electron chi connectivity index (χ3n) is 5.11. The predicted molar refractivity (Wildman–Crippen MR) is 96.0 cm³/mol. The van der Waals surface area contributed by atoms with Crippen LogP contribution in [0.1, 0.15) is 42.6 Å². The number of piperidine rings is 1. The van der Waals surface area contributed by atoms with Crippen molar-refractivity contribution in [2.24, 2.45) is 7.05 Å². The third-order valence-corrected chi connectivity index (χ3v) is 7.01. The van der Waals surface area contributed by atoms with E-state index in [1.165, 1.54) is 0 Å². The number of hydrogen-bond donors (Lipinski definition) is 1. The highest BCUT2D eigenvalue weighted by molar-refractivity contribution is 7.89. The Labute approximate surface area is 147 Å². The van der Waals surface area contributed by atoms with E-state index < -0.39 is 10.0 Å². The quantitative estimate of drug-likeness (QED) is 0.908. The minimum atomic E-state index is -3.46. The number of carbonyl (C=O) groups is 1. The zero-order chi connectivity index (χ0) is 17.6. The molecule has 1 saturated heterocycles. The number of carbonyl (C=O) groups excluding carboxylic acids is 1. The molecule has 1 aromatic carbocycles. The number of hydrogen-bond acceptors (Lipinski definition) is 3. The van der Waals surface area contributed by atoms with Crippen LogP contribution in [0, 0.1) is 0 Å². The van der Waals surface area contributed by atoms with Crippen molar-refractivity contribution >= 4 is 26.8 Å². The molecule has 1 saturated carbocycles. The molecule has 1 amide bonds. The van der Waals surface area contributed by atoms with E-state index in [0.717, 1.165) is 43.0 Å². The van der Waals surface area contributed by atoms with Gasteiger partial charge in [0.1, 0.15) is 5.69 Å². The van der Waals surface area contributed by atoms with Gasteiger partial charge in [-0.05, 0) is 49.9 Å². The van der Waals surface area contributed by atoms with E-state index in [0.29, 0.717) is 29.7 Å². The Hall–Kier alpha value is -1.86. The Morgan fingerprint density at radius 3 is 2.52 bits per heavy atom. The zero-order valence-electron chi connectivity index (χ0n) is 14.4. The number of rotatable bonds is 4. The lowest BCUT2D eigenvalue weighted by Crippen LogP contribution is -2.35. The topological polar surface area (TPSA) is 71.4 Å². The second kappa shape index (κ2) is 6.14. The second-order valence-corrected chi connectivity index (χ2v) is 8.96. The first-order chi connectivity index (χ1) is 12.0. The number of sulfonamides is 1. The Bertz CT molecular complexity index is 922. The molecule has 134 valence electrons. The summed E-state index contributed by atoms with van der Waals surface area (Å²) < 4.78 is 29.1. The van der Waals surface area contributed by atoms with Crippen LogP contribution in [0.25, 0.3) is 10.9 Å². The molecule has 0 unspecified atom stereocenters. The van der Waals surface area contributed by atoms with E-state index in [1.807, 2.05) is 11.6 Å². The van der Waals surface area contributed by atoms with Gasteiger partial charge in [-0.15, -0.1) is 0 Å². The van der Waals surface area contributed by atoms with Gasteiger partial charge in [0.15, 0.2) is 0 Å². The molecule has 25 heavy (non-hydrogen) atoms. The van der Waals surface area contributed by atoms with Gasteiger partial charge in [-0.2, -0.15) is 4.31 Å². The SMILES string of the molecule is Cn1c(C(=O)NC2CC2)cc2cc(S(=O)(=O)N3CCCCC3)ccc21. The summed E-state index contributed by atoms with van der Waals surface area (Å²) in [6.07, 6.45) is 4.99. The van der Waals surface area contributed by atoms with Crippen LogP contribution >= 0.6 is 0 Å². The molecule has 0 radical (unpaired) electrons. The highest BCUT2D eigenvalue weighted by atomic mass is 32.2. The average molecular weight is 361 g/mol. The summed E-state index contributed by atoms with van der Waals surface area (Å²) in [6, 6.07) is 7.20. The Morgan fingerprint density at radius 2 is 1.84 bits per heavy atom. The lowest BCUT2D eigenvalue weighted by molar-refractivity contribution is 0.0943. The molecule has 2 aromatic rings. The molecule has 2 heterocycles. The maximum Gasteiger partial charge on any atom is 0.268 e. The summed E-state index contributed by atoms with van der Waals surface area (Å²) in [7, 11) is -1.63. The van der Waals surface area contributed by atoms with E-state index in [1.54, 1.807) is 28.6 Å². The summed E-state index contributed by atoms with van der Waals surface area (Å²) in [5.74, 6) is -0.0957. The first-order valence-corrected chi connectivity index (χ1v) is 10.3. The fraction of sp³-hybridized carbons (Fsp3) is 0.500. The van der Waals surface area contributed by atoms with Crippen molar-refractivity contribution in [3.8, 4) is 0 Å². The summed E-state index contributed by atoms with van der Waals surface area (Å²) in [5, 5.41) is 3.76. The molecule has 1 aliphatic carbocycles. The van der Waals surface area contributed by atoms with Gasteiger partial charge in [-0.1, -0.05) is 6.42 Å². The number of benzene rings is 1. The first-order valence-electron chi connectivity index (χ1n) is 8.87. The highest BCUT2D eigenvalue weighted by Gasteiger charge is 2.28. The van der Waals surface area contributed by atoms with Crippen molar-refractivity contribution in [1.82, 2.24) is 14.2 Å². The molecule has 6 nitrogen and oxygen atoms in total. The van der Waals surface area contributed by atoms with Crippen LogP contribution in [0.4, 0.5) is 0 Å². The molecule has 1 N–H and O–H groups in total. The lowest BCUT2D eigenvalue weighted by atomic mass is 10.2. The van der Waals surface area contributed by atoms with Crippen molar-refractivity contribution in [3.63, 3.8) is 0 Å². The third kappa shape index (κ3) is 3.06. The molecular formula is C18H23N3O3S. The maximum absolute atomic E-state index is 12.9. The molecule has 7 heteroatoms. The van der Waals surface area contributed by atoms with Crippen LogP contribution < -0.4 is 5.32 Å². The summed E-state index contributed by atoms with van der Waals surface area (Å²) in [6.45, 7) is 1.18. The van der Waals surface area contributed by atoms with Gasteiger partial charge in [0.05, 0.1) is 4.90 Å². The zero-order valence-corrected chi connectivity index (χ0v) is 15.2. The highest BCUT2D eigenvalue weighted by Crippen LogP contribution is 2.27. The predicted octanol–water partition coefficient (Wildman–Crippen LogP) is 2.25. The van der Waals surface area contributed by atoms with E-state index >= 15 is 0 Å². The van der Waals surface area contributed by atoms with Gasteiger partial charge in [0.2, 0.25) is 10.0 Å². The van der Waals surface area contributed by atoms with Crippen LogP contribution in [0.2, 0.25) is 0 Å². The molecule has 0 spiro atoms. The van der Waals surface area contributed by atoms with Crippen molar-refractivity contribution in [2.75, 3.05) is 13.1 Å². The van der Waals surface area contributed by atoms with Crippen LogP contribution in [0.15, 0.2) is 29.2 Å². The molecule has 0 bridgehead atoms. The van der Waals surface area contributed by atoms with Gasteiger partial charge in [0, 0.05) is 37.1 Å². The fourth-order valence-corrected chi connectivity index (χ4v) is 5.00. The molecule has 1 aromatic heterocycles. The molecule has 1 aliphatic heterocycles. The van der Waals surface area contributed by atoms with Gasteiger partial charge in [-0.25, -0.2) is 8.42 Å². The number of nitrogens with one attached hydrogen (secondary N) is 1. The minimum absolute atomic E-state index is 0.0957. The number of fused-ring (bicyclic) bond motifs is 1. The molecular weight excluding hydrogens is 338 g/mol. The number of nitrogens with zero attached hydrogens (tertiary/aromatic N) is 2. The average Bonchev–Trinajstić information content (AvgIpc) is 3.37. The van der Waals surface area contributed by atoms with Gasteiger partial charge in [-0.3, -0.25) is 4.79 Å². The standard InChI is InChI=1S/C18H23N3O3S/c1-20-16-8-7-15(25(23,24)21-9-3-2-4-10-21)11-13(16)12-17(20)18(22)19-14-5-6-14/h7-8,11-12,14H,2-6,9-10H2,1H3,(H,19,22). The first kappa shape index (κ1) is 16.6. The van der Waals surface area contributed by atoms with Crippen molar-refractivity contribution in [1.29, 1.82) is 0 Å². The van der Waals surface area contributed by atoms with E-state index in [4.69, 9.17) is 0 Å². The van der Waals surface area contributed by atoms with Gasteiger partial charge >= 0.3 is 0 Å². The van der Waals surface area contributed by atoms with E-state index in [-0.39, 0.29) is 5.91 Å². The van der Waals surface area contributed by atoms with Crippen molar-refractivity contribution < 1.29 is 13.2 Å². The molecule has 0 atom stereocenters. The molecule has 2 aliphatic rings. The fourth-order valence-electron chi connectivity index (χ4n) is 3.45. The minimum Gasteiger partial charge on any atom is -0.348 e. The van der Waals surface area contributed by atoms with Crippen LogP contribution in [0.3, 0.4) is 0 Å². The molecule has 4 rings (SSSR count). The van der Waals surface area contributed by atoms with Crippen molar-refractivity contribution in [2.45, 2.75) is 43.0 Å². The Morgan fingerprint density at radius 1 is 1.12 bits per heavy atom. The van der Waals surface area contributed by atoms with Gasteiger partial charge < -0.3 is 9.88 Å². The maximum atomic E-state index is 12.9. The van der Waals surface area contributed by atoms with E-state index in [9.17, 15) is 13.2 Å². The normalized spacial score (nSPS) is 19.2. The van der Waals surface area contributed by atoms with Crippen LogP contribution in [0.5, 0.6) is 0 Å². The second-order valence-electron chi connectivity index (χ2n) is 7.02.